The molecule has 0 aromatic heterocycles. The Morgan fingerprint density at radius 1 is 1.05 bits per heavy atom. The van der Waals surface area contributed by atoms with E-state index in [-0.39, 0.29) is 0 Å². The SMILES string of the molecule is CC(NNc1ccc(Cl)cc1)=C1CCN(c2ccccc2)C1. The fourth-order valence-electron chi connectivity index (χ4n) is 2.61. The van der Waals surface area contributed by atoms with Crippen LogP contribution in [-0.2, 0) is 0 Å². The van der Waals surface area contributed by atoms with Gasteiger partial charge in [0.25, 0.3) is 0 Å². The van der Waals surface area contributed by atoms with Crippen LogP contribution in [0.3, 0.4) is 0 Å². The van der Waals surface area contributed by atoms with Crippen LogP contribution in [0.5, 0.6) is 0 Å². The molecule has 0 amide bonds. The van der Waals surface area contributed by atoms with Gasteiger partial charge in [-0.1, -0.05) is 29.8 Å². The molecule has 1 saturated heterocycles. The molecule has 0 aliphatic carbocycles. The zero-order valence-corrected chi connectivity index (χ0v) is 13.4. The van der Waals surface area contributed by atoms with Gasteiger partial charge in [-0.25, -0.2) is 0 Å². The van der Waals surface area contributed by atoms with Gasteiger partial charge in [-0.2, -0.15) is 0 Å². The van der Waals surface area contributed by atoms with Gasteiger partial charge in [-0.3, -0.25) is 0 Å². The quantitative estimate of drug-likeness (QED) is 0.817. The molecule has 2 N–H and O–H groups in total. The van der Waals surface area contributed by atoms with E-state index in [0.29, 0.717) is 0 Å². The number of halogens is 1. The monoisotopic (exact) mass is 313 g/mol. The lowest BCUT2D eigenvalue weighted by Gasteiger charge is -2.17. The van der Waals surface area contributed by atoms with Crippen LogP contribution >= 0.6 is 11.6 Å². The maximum Gasteiger partial charge on any atom is 0.0540 e. The zero-order valence-electron chi connectivity index (χ0n) is 12.6. The van der Waals surface area contributed by atoms with E-state index < -0.39 is 0 Å². The van der Waals surface area contributed by atoms with Gasteiger partial charge in [0.1, 0.15) is 0 Å². The summed E-state index contributed by atoms with van der Waals surface area (Å²) in [6.07, 6.45) is 1.09. The number of nitrogens with one attached hydrogen (secondary N) is 2. The second-order valence-electron chi connectivity index (χ2n) is 5.49. The minimum atomic E-state index is 0.745. The molecule has 1 heterocycles. The normalized spacial score (nSPS) is 16.5. The lowest BCUT2D eigenvalue weighted by atomic mass is 10.2. The Bertz CT molecular complexity index is 650. The smallest absolute Gasteiger partial charge is 0.0540 e. The number of nitrogens with zero attached hydrogens (tertiary/aromatic N) is 1. The van der Waals surface area contributed by atoms with Crippen molar-refractivity contribution in [3.8, 4) is 0 Å². The minimum absolute atomic E-state index is 0.745. The first kappa shape index (κ1) is 14.8. The van der Waals surface area contributed by atoms with E-state index in [4.69, 9.17) is 11.6 Å². The predicted octanol–water partition coefficient (Wildman–Crippen LogP) is 4.44. The molecule has 0 radical (unpaired) electrons. The Morgan fingerprint density at radius 2 is 1.77 bits per heavy atom. The Hall–Kier alpha value is -2.13. The van der Waals surface area contributed by atoms with E-state index in [2.05, 4.69) is 53.0 Å². The van der Waals surface area contributed by atoms with Crippen LogP contribution in [0.4, 0.5) is 11.4 Å². The molecule has 2 aromatic rings. The van der Waals surface area contributed by atoms with Crippen molar-refractivity contribution in [1.29, 1.82) is 0 Å². The molecule has 1 fully saturated rings. The van der Waals surface area contributed by atoms with Crippen LogP contribution in [0.2, 0.25) is 5.02 Å². The van der Waals surface area contributed by atoms with Gasteiger partial charge in [-0.15, -0.1) is 0 Å². The number of hydrogen-bond acceptors (Lipinski definition) is 3. The van der Waals surface area contributed by atoms with Crippen molar-refractivity contribution in [1.82, 2.24) is 5.43 Å². The van der Waals surface area contributed by atoms with Gasteiger partial charge in [0.15, 0.2) is 0 Å². The van der Waals surface area contributed by atoms with Crippen LogP contribution in [0.25, 0.3) is 0 Å². The van der Waals surface area contributed by atoms with Gasteiger partial charge >= 0.3 is 0 Å². The van der Waals surface area contributed by atoms with Crippen LogP contribution in [0.1, 0.15) is 13.3 Å². The Kier molecular flexibility index (Phi) is 4.54. The van der Waals surface area contributed by atoms with Gasteiger partial charge in [-0.05, 0) is 55.3 Å². The molecule has 2 aromatic carbocycles. The number of anilines is 2. The van der Waals surface area contributed by atoms with Crippen molar-refractivity contribution < 1.29 is 0 Å². The summed E-state index contributed by atoms with van der Waals surface area (Å²) in [6.45, 7) is 4.16. The van der Waals surface area contributed by atoms with Gasteiger partial charge in [0.05, 0.1) is 5.69 Å². The van der Waals surface area contributed by atoms with Crippen molar-refractivity contribution in [2.24, 2.45) is 0 Å². The highest BCUT2D eigenvalue weighted by molar-refractivity contribution is 6.30. The van der Waals surface area contributed by atoms with E-state index in [1.165, 1.54) is 17.0 Å². The Balaban J connectivity index is 1.60. The molecule has 1 aliphatic rings. The molecule has 1 aliphatic heterocycles. The second kappa shape index (κ2) is 6.75. The third-order valence-electron chi connectivity index (χ3n) is 3.96. The lowest BCUT2D eigenvalue weighted by Crippen LogP contribution is -2.22. The highest BCUT2D eigenvalue weighted by atomic mass is 35.5. The van der Waals surface area contributed by atoms with Crippen LogP contribution in [0.15, 0.2) is 65.9 Å². The molecule has 114 valence electrons. The summed E-state index contributed by atoms with van der Waals surface area (Å²) in [7, 11) is 0. The molecule has 4 heteroatoms. The number of para-hydroxylation sites is 1. The van der Waals surface area contributed by atoms with E-state index in [1.54, 1.807) is 0 Å². The number of allylic oxidation sites excluding steroid dienone is 1. The first-order valence-corrected chi connectivity index (χ1v) is 7.86. The van der Waals surface area contributed by atoms with Crippen LogP contribution in [0, 0.1) is 0 Å². The first-order chi connectivity index (χ1) is 10.7. The summed E-state index contributed by atoms with van der Waals surface area (Å²) in [5.41, 5.74) is 11.4. The lowest BCUT2D eigenvalue weighted by molar-refractivity contribution is 0.917. The average molecular weight is 314 g/mol. The molecule has 0 saturated carbocycles. The van der Waals surface area contributed by atoms with Gasteiger partial charge < -0.3 is 15.8 Å². The van der Waals surface area contributed by atoms with Gasteiger partial charge in [0, 0.05) is 29.5 Å². The van der Waals surface area contributed by atoms with Crippen molar-refractivity contribution in [2.75, 3.05) is 23.4 Å². The molecule has 3 rings (SSSR count). The van der Waals surface area contributed by atoms with Crippen LogP contribution in [-0.4, -0.2) is 13.1 Å². The van der Waals surface area contributed by atoms with Crippen molar-refractivity contribution in [2.45, 2.75) is 13.3 Å². The first-order valence-electron chi connectivity index (χ1n) is 7.48. The standard InChI is InChI=1S/C18H20ClN3/c1-14(20-21-17-9-7-16(19)8-10-17)15-11-12-22(13-15)18-5-3-2-4-6-18/h2-10,20-21H,11-13H2,1H3. The zero-order chi connectivity index (χ0) is 15.4. The van der Waals surface area contributed by atoms with Crippen molar-refractivity contribution in [3.05, 3.63) is 70.9 Å². The molecular formula is C18H20ClN3. The topological polar surface area (TPSA) is 27.3 Å². The van der Waals surface area contributed by atoms with E-state index in [9.17, 15) is 0 Å². The molecule has 22 heavy (non-hydrogen) atoms. The highest BCUT2D eigenvalue weighted by Gasteiger charge is 2.18. The summed E-state index contributed by atoms with van der Waals surface area (Å²) in [5, 5.41) is 0.745. The number of hydrogen-bond donors (Lipinski definition) is 2. The maximum absolute atomic E-state index is 5.89. The highest BCUT2D eigenvalue weighted by Crippen LogP contribution is 2.24. The Morgan fingerprint density at radius 3 is 2.50 bits per heavy atom. The number of benzene rings is 2. The summed E-state index contributed by atoms with van der Waals surface area (Å²) < 4.78 is 0. The molecular weight excluding hydrogens is 294 g/mol. The number of rotatable bonds is 4. The fourth-order valence-corrected chi connectivity index (χ4v) is 2.74. The third-order valence-corrected chi connectivity index (χ3v) is 4.21. The van der Waals surface area contributed by atoms with E-state index in [1.807, 2.05) is 24.3 Å². The number of hydrazine groups is 1. The van der Waals surface area contributed by atoms with E-state index >= 15 is 0 Å². The van der Waals surface area contributed by atoms with Crippen molar-refractivity contribution >= 4 is 23.0 Å². The minimum Gasteiger partial charge on any atom is -0.367 e. The van der Waals surface area contributed by atoms with E-state index in [0.717, 1.165) is 30.2 Å². The second-order valence-corrected chi connectivity index (χ2v) is 5.93. The Labute approximate surface area is 136 Å². The molecule has 0 bridgehead atoms. The molecule has 0 spiro atoms. The summed E-state index contributed by atoms with van der Waals surface area (Å²) in [4.78, 5) is 2.41. The average Bonchev–Trinajstić information content (AvgIpc) is 3.05. The van der Waals surface area contributed by atoms with Gasteiger partial charge in [0.2, 0.25) is 0 Å². The largest absolute Gasteiger partial charge is 0.367 e. The fraction of sp³-hybridized carbons (Fsp3) is 0.222. The molecule has 0 atom stereocenters. The molecule has 3 nitrogen and oxygen atoms in total. The van der Waals surface area contributed by atoms with Crippen molar-refractivity contribution in [3.63, 3.8) is 0 Å². The summed E-state index contributed by atoms with van der Waals surface area (Å²) >= 11 is 5.89. The summed E-state index contributed by atoms with van der Waals surface area (Å²) in [5.74, 6) is 0. The maximum atomic E-state index is 5.89. The van der Waals surface area contributed by atoms with Crippen LogP contribution < -0.4 is 15.8 Å². The predicted molar refractivity (Wildman–Crippen MR) is 94.2 cm³/mol. The molecule has 0 unspecified atom stereocenters. The summed E-state index contributed by atoms with van der Waals surface area (Å²) in [6, 6.07) is 18.2. The third kappa shape index (κ3) is 3.55.